The Kier molecular flexibility index (Phi) is 3.42. The largest absolute Gasteiger partial charge is 0.330 e. The number of Topliss-reactive ketones (excluding diaryl/α,β-unsaturated/α-hetero) is 1. The SMILES string of the molecule is CC1(C)C(=O)C(C#N)=C[C@]2(C)C3=CC(=O)CC[C@]3(CN)CC[C@@H]12. The Morgan fingerprint density at radius 3 is 2.61 bits per heavy atom. The van der Waals surface area contributed by atoms with Crippen molar-refractivity contribution in [3.05, 3.63) is 23.3 Å². The van der Waals surface area contributed by atoms with Crippen molar-refractivity contribution in [1.29, 1.82) is 5.26 Å². The van der Waals surface area contributed by atoms with Crippen LogP contribution in [0.4, 0.5) is 0 Å². The average Bonchev–Trinajstić information content (AvgIpc) is 2.52. The van der Waals surface area contributed by atoms with Gasteiger partial charge in [-0.15, -0.1) is 0 Å². The molecular weight excluding hydrogens is 288 g/mol. The summed E-state index contributed by atoms with van der Waals surface area (Å²) >= 11 is 0. The third-order valence-electron chi connectivity index (χ3n) is 6.60. The molecule has 0 aromatic heterocycles. The Morgan fingerprint density at radius 1 is 1.30 bits per heavy atom. The molecule has 4 heteroatoms. The average molecular weight is 312 g/mol. The zero-order valence-corrected chi connectivity index (χ0v) is 14.1. The lowest BCUT2D eigenvalue weighted by molar-refractivity contribution is -0.130. The molecule has 122 valence electrons. The zero-order valence-electron chi connectivity index (χ0n) is 14.1. The summed E-state index contributed by atoms with van der Waals surface area (Å²) in [6.45, 7) is 6.46. The first-order chi connectivity index (χ1) is 10.7. The van der Waals surface area contributed by atoms with Gasteiger partial charge >= 0.3 is 0 Å². The summed E-state index contributed by atoms with van der Waals surface area (Å²) in [6, 6.07) is 2.07. The molecule has 3 rings (SSSR count). The number of ketones is 2. The van der Waals surface area contributed by atoms with Crippen LogP contribution in [0.5, 0.6) is 0 Å². The summed E-state index contributed by atoms with van der Waals surface area (Å²) in [4.78, 5) is 24.7. The summed E-state index contributed by atoms with van der Waals surface area (Å²) in [7, 11) is 0. The summed E-state index contributed by atoms with van der Waals surface area (Å²) in [6.07, 6.45) is 6.71. The predicted molar refractivity (Wildman–Crippen MR) is 87.1 cm³/mol. The van der Waals surface area contributed by atoms with E-state index >= 15 is 0 Å². The van der Waals surface area contributed by atoms with E-state index in [1.165, 1.54) is 0 Å². The van der Waals surface area contributed by atoms with Gasteiger partial charge in [-0.1, -0.05) is 26.8 Å². The quantitative estimate of drug-likeness (QED) is 0.807. The van der Waals surface area contributed by atoms with E-state index < -0.39 is 10.8 Å². The minimum Gasteiger partial charge on any atom is -0.330 e. The van der Waals surface area contributed by atoms with Crippen molar-refractivity contribution in [1.82, 2.24) is 0 Å². The smallest absolute Gasteiger partial charge is 0.178 e. The van der Waals surface area contributed by atoms with Crippen LogP contribution in [0.25, 0.3) is 0 Å². The van der Waals surface area contributed by atoms with Gasteiger partial charge in [0.05, 0.1) is 5.57 Å². The van der Waals surface area contributed by atoms with E-state index in [-0.39, 0.29) is 28.5 Å². The lowest BCUT2D eigenvalue weighted by Gasteiger charge is -2.58. The molecule has 0 heterocycles. The summed E-state index contributed by atoms with van der Waals surface area (Å²) in [5, 5.41) is 9.42. The van der Waals surface area contributed by atoms with Gasteiger partial charge in [-0.25, -0.2) is 0 Å². The number of hydrogen-bond acceptors (Lipinski definition) is 4. The third kappa shape index (κ3) is 1.99. The van der Waals surface area contributed by atoms with Gasteiger partial charge in [-0.05, 0) is 36.8 Å². The van der Waals surface area contributed by atoms with Gasteiger partial charge < -0.3 is 5.73 Å². The van der Waals surface area contributed by atoms with Crippen molar-refractivity contribution < 1.29 is 9.59 Å². The first-order valence-corrected chi connectivity index (χ1v) is 8.34. The fraction of sp³-hybridized carbons (Fsp3) is 0.632. The normalized spacial score (nSPS) is 38.8. The minimum atomic E-state index is -0.601. The van der Waals surface area contributed by atoms with Crippen LogP contribution in [0.3, 0.4) is 0 Å². The molecule has 0 aromatic carbocycles. The van der Waals surface area contributed by atoms with E-state index in [1.807, 2.05) is 19.9 Å². The molecule has 0 aliphatic heterocycles. The first-order valence-electron chi connectivity index (χ1n) is 8.34. The molecule has 0 bridgehead atoms. The number of carbonyl (C=O) groups is 2. The number of nitrogens with two attached hydrogens (primary N) is 1. The monoisotopic (exact) mass is 312 g/mol. The number of fused-ring (bicyclic) bond motifs is 3. The molecule has 0 spiro atoms. The molecule has 0 radical (unpaired) electrons. The Balaban J connectivity index is 2.26. The van der Waals surface area contributed by atoms with Crippen LogP contribution in [0.2, 0.25) is 0 Å². The van der Waals surface area contributed by atoms with Crippen molar-refractivity contribution in [3.63, 3.8) is 0 Å². The predicted octanol–water partition coefficient (Wildman–Crippen LogP) is 2.70. The molecule has 0 amide bonds. The summed E-state index contributed by atoms with van der Waals surface area (Å²) in [5.41, 5.74) is 6.20. The number of carbonyl (C=O) groups excluding carboxylic acids is 2. The van der Waals surface area contributed by atoms with Crippen LogP contribution in [-0.4, -0.2) is 18.1 Å². The second-order valence-electron chi connectivity index (χ2n) is 8.10. The van der Waals surface area contributed by atoms with E-state index in [0.29, 0.717) is 13.0 Å². The van der Waals surface area contributed by atoms with Gasteiger partial charge in [0.1, 0.15) is 6.07 Å². The van der Waals surface area contributed by atoms with E-state index in [1.54, 1.807) is 6.08 Å². The lowest BCUT2D eigenvalue weighted by Crippen LogP contribution is -2.55. The Bertz CT molecular complexity index is 695. The fourth-order valence-electron chi connectivity index (χ4n) is 5.33. The molecule has 2 N–H and O–H groups in total. The Morgan fingerprint density at radius 2 is 2.00 bits per heavy atom. The molecule has 23 heavy (non-hydrogen) atoms. The van der Waals surface area contributed by atoms with E-state index in [4.69, 9.17) is 5.73 Å². The highest BCUT2D eigenvalue weighted by molar-refractivity contribution is 6.04. The standard InChI is InChI=1S/C19H24N2O2/c1-17(2)14-5-7-19(11-21)6-4-13(22)8-15(19)18(14,3)9-12(10-20)16(17)23/h8-9,14H,4-7,11,21H2,1-3H3/t14-,18-,19+/m0/s1. The highest BCUT2D eigenvalue weighted by Gasteiger charge is 2.59. The highest BCUT2D eigenvalue weighted by atomic mass is 16.1. The number of rotatable bonds is 1. The van der Waals surface area contributed by atoms with Crippen LogP contribution < -0.4 is 5.73 Å². The van der Waals surface area contributed by atoms with Crippen LogP contribution in [0.15, 0.2) is 23.3 Å². The topological polar surface area (TPSA) is 84.0 Å². The van der Waals surface area contributed by atoms with Gasteiger partial charge in [-0.3, -0.25) is 9.59 Å². The van der Waals surface area contributed by atoms with Gasteiger partial charge in [0.25, 0.3) is 0 Å². The number of hydrogen-bond donors (Lipinski definition) is 1. The van der Waals surface area contributed by atoms with Crippen molar-refractivity contribution in [2.24, 2.45) is 27.9 Å². The van der Waals surface area contributed by atoms with E-state index in [2.05, 4.69) is 13.0 Å². The molecule has 1 fully saturated rings. The summed E-state index contributed by atoms with van der Waals surface area (Å²) in [5.74, 6) is 0.148. The van der Waals surface area contributed by atoms with Crippen LogP contribution in [0.1, 0.15) is 46.5 Å². The maximum atomic E-state index is 12.6. The minimum absolute atomic E-state index is 0.0783. The van der Waals surface area contributed by atoms with Crippen LogP contribution in [-0.2, 0) is 9.59 Å². The van der Waals surface area contributed by atoms with Crippen molar-refractivity contribution in [2.45, 2.75) is 46.5 Å². The molecule has 4 nitrogen and oxygen atoms in total. The molecule has 0 unspecified atom stereocenters. The van der Waals surface area contributed by atoms with Crippen LogP contribution >= 0.6 is 0 Å². The molecule has 3 aliphatic carbocycles. The molecular formula is C19H24N2O2. The van der Waals surface area contributed by atoms with Gasteiger partial charge in [0.2, 0.25) is 0 Å². The lowest BCUT2D eigenvalue weighted by atomic mass is 9.44. The van der Waals surface area contributed by atoms with Crippen LogP contribution in [0, 0.1) is 33.5 Å². The van der Waals surface area contributed by atoms with Crippen molar-refractivity contribution in [3.8, 4) is 6.07 Å². The Hall–Kier alpha value is -1.73. The number of nitrogens with zero attached hydrogens (tertiary/aromatic N) is 1. The molecule has 3 atom stereocenters. The fourth-order valence-corrected chi connectivity index (χ4v) is 5.33. The zero-order chi connectivity index (χ0) is 17.0. The van der Waals surface area contributed by atoms with E-state index in [9.17, 15) is 14.9 Å². The molecule has 0 aromatic rings. The van der Waals surface area contributed by atoms with Crippen molar-refractivity contribution in [2.75, 3.05) is 6.54 Å². The maximum absolute atomic E-state index is 12.6. The molecule has 1 saturated carbocycles. The Labute approximate surface area is 137 Å². The first kappa shape index (κ1) is 16.1. The second-order valence-corrected chi connectivity index (χ2v) is 8.10. The second kappa shape index (κ2) is 4.88. The highest BCUT2D eigenvalue weighted by Crippen LogP contribution is 2.63. The van der Waals surface area contributed by atoms with Crippen molar-refractivity contribution >= 4 is 11.6 Å². The number of nitriles is 1. The van der Waals surface area contributed by atoms with Gasteiger partial charge in [0, 0.05) is 29.2 Å². The van der Waals surface area contributed by atoms with Gasteiger partial charge in [0.15, 0.2) is 11.6 Å². The molecule has 0 saturated heterocycles. The van der Waals surface area contributed by atoms with Gasteiger partial charge in [-0.2, -0.15) is 5.26 Å². The van der Waals surface area contributed by atoms with E-state index in [0.717, 1.165) is 24.8 Å². The summed E-state index contributed by atoms with van der Waals surface area (Å²) < 4.78 is 0. The molecule has 3 aliphatic rings. The number of allylic oxidation sites excluding steroid dienone is 3. The third-order valence-corrected chi connectivity index (χ3v) is 6.60. The maximum Gasteiger partial charge on any atom is 0.178 e.